The molecule has 3 nitrogen and oxygen atoms in total. The van der Waals surface area contributed by atoms with Gasteiger partial charge in [0.1, 0.15) is 18.2 Å². The number of nitrogens with one attached hydrogen (secondary N) is 1. The SMILES string of the molecule is CN(C)CCc1c[nH]c2cccc(OCc3ccc(F)cc3)c12. The first-order valence-electron chi connectivity index (χ1n) is 7.74. The summed E-state index contributed by atoms with van der Waals surface area (Å²) in [6.07, 6.45) is 3.02. The Morgan fingerprint density at radius 3 is 2.61 bits per heavy atom. The maximum atomic E-state index is 13.0. The highest BCUT2D eigenvalue weighted by atomic mass is 19.1. The van der Waals surface area contributed by atoms with Crippen molar-refractivity contribution in [1.29, 1.82) is 0 Å². The number of hydrogen-bond acceptors (Lipinski definition) is 2. The van der Waals surface area contributed by atoms with Gasteiger partial charge in [0.25, 0.3) is 0 Å². The molecule has 0 saturated carbocycles. The fourth-order valence-electron chi connectivity index (χ4n) is 2.62. The zero-order valence-electron chi connectivity index (χ0n) is 13.5. The molecule has 0 amide bonds. The number of ether oxygens (including phenoxy) is 1. The van der Waals surface area contributed by atoms with Crippen molar-refractivity contribution in [1.82, 2.24) is 9.88 Å². The lowest BCUT2D eigenvalue weighted by molar-refractivity contribution is 0.309. The van der Waals surface area contributed by atoms with Gasteiger partial charge in [0.2, 0.25) is 0 Å². The van der Waals surface area contributed by atoms with E-state index in [9.17, 15) is 4.39 Å². The summed E-state index contributed by atoms with van der Waals surface area (Å²) in [5.74, 6) is 0.634. The van der Waals surface area contributed by atoms with Gasteiger partial charge in [0.05, 0.1) is 0 Å². The molecule has 0 radical (unpaired) electrons. The highest BCUT2D eigenvalue weighted by Crippen LogP contribution is 2.29. The average molecular weight is 312 g/mol. The molecule has 0 bridgehead atoms. The Balaban J connectivity index is 1.81. The third kappa shape index (κ3) is 3.71. The fraction of sp³-hybridized carbons (Fsp3) is 0.263. The predicted octanol–water partition coefficient (Wildman–Crippen LogP) is 3.99. The van der Waals surface area contributed by atoms with Crippen molar-refractivity contribution >= 4 is 10.9 Å². The van der Waals surface area contributed by atoms with Crippen LogP contribution in [0.25, 0.3) is 10.9 Å². The van der Waals surface area contributed by atoms with Crippen LogP contribution in [0.3, 0.4) is 0 Å². The molecule has 0 aliphatic carbocycles. The molecule has 2 aromatic carbocycles. The fourth-order valence-corrected chi connectivity index (χ4v) is 2.62. The summed E-state index contributed by atoms with van der Waals surface area (Å²) in [6.45, 7) is 1.41. The van der Waals surface area contributed by atoms with E-state index < -0.39 is 0 Å². The molecule has 0 fully saturated rings. The minimum atomic E-state index is -0.229. The molecule has 3 aromatic rings. The monoisotopic (exact) mass is 312 g/mol. The molecule has 1 aromatic heterocycles. The van der Waals surface area contributed by atoms with Crippen molar-refractivity contribution in [3.63, 3.8) is 0 Å². The number of aromatic amines is 1. The Kier molecular flexibility index (Phi) is 4.63. The van der Waals surface area contributed by atoms with Crippen LogP contribution in [0.2, 0.25) is 0 Å². The number of hydrogen-bond donors (Lipinski definition) is 1. The third-order valence-electron chi connectivity index (χ3n) is 3.89. The number of aromatic nitrogens is 1. The van der Waals surface area contributed by atoms with E-state index in [-0.39, 0.29) is 5.82 Å². The first-order valence-corrected chi connectivity index (χ1v) is 7.74. The average Bonchev–Trinajstić information content (AvgIpc) is 2.96. The van der Waals surface area contributed by atoms with Crippen LogP contribution in [0.4, 0.5) is 4.39 Å². The Hall–Kier alpha value is -2.33. The number of fused-ring (bicyclic) bond motifs is 1. The molecule has 1 N–H and O–H groups in total. The van der Waals surface area contributed by atoms with Gasteiger partial charge in [-0.1, -0.05) is 18.2 Å². The summed E-state index contributed by atoms with van der Waals surface area (Å²) >= 11 is 0. The molecule has 23 heavy (non-hydrogen) atoms. The molecule has 4 heteroatoms. The second kappa shape index (κ2) is 6.84. The lowest BCUT2D eigenvalue weighted by atomic mass is 10.1. The van der Waals surface area contributed by atoms with E-state index in [1.807, 2.05) is 12.1 Å². The minimum absolute atomic E-state index is 0.229. The maximum Gasteiger partial charge on any atom is 0.129 e. The third-order valence-corrected chi connectivity index (χ3v) is 3.89. The number of benzene rings is 2. The van der Waals surface area contributed by atoms with Crippen molar-refractivity contribution in [2.45, 2.75) is 13.0 Å². The summed E-state index contributed by atoms with van der Waals surface area (Å²) in [5, 5.41) is 1.14. The first-order chi connectivity index (χ1) is 11.1. The van der Waals surface area contributed by atoms with Crippen LogP contribution >= 0.6 is 0 Å². The van der Waals surface area contributed by atoms with Gasteiger partial charge >= 0.3 is 0 Å². The molecule has 0 aliphatic rings. The van der Waals surface area contributed by atoms with Gasteiger partial charge in [-0.2, -0.15) is 0 Å². The van der Waals surface area contributed by atoms with Crippen LogP contribution in [0, 0.1) is 5.82 Å². The van der Waals surface area contributed by atoms with Crippen LogP contribution in [0.5, 0.6) is 5.75 Å². The Bertz CT molecular complexity index is 778. The second-order valence-corrected chi connectivity index (χ2v) is 5.96. The van der Waals surface area contributed by atoms with Gasteiger partial charge < -0.3 is 14.6 Å². The molecular weight excluding hydrogens is 291 g/mol. The Morgan fingerprint density at radius 1 is 1.09 bits per heavy atom. The van der Waals surface area contributed by atoms with E-state index in [1.165, 1.54) is 17.7 Å². The van der Waals surface area contributed by atoms with Gasteiger partial charge in [0, 0.05) is 23.6 Å². The lowest BCUT2D eigenvalue weighted by Crippen LogP contribution is -2.14. The second-order valence-electron chi connectivity index (χ2n) is 5.96. The van der Waals surface area contributed by atoms with E-state index in [0.29, 0.717) is 6.61 Å². The zero-order valence-corrected chi connectivity index (χ0v) is 13.5. The van der Waals surface area contributed by atoms with E-state index in [4.69, 9.17) is 4.74 Å². The highest BCUT2D eigenvalue weighted by Gasteiger charge is 2.10. The molecule has 0 aliphatic heterocycles. The van der Waals surface area contributed by atoms with Crippen LogP contribution in [-0.2, 0) is 13.0 Å². The molecular formula is C19H21FN2O. The van der Waals surface area contributed by atoms with E-state index in [1.54, 1.807) is 12.1 Å². The van der Waals surface area contributed by atoms with Gasteiger partial charge in [-0.3, -0.25) is 0 Å². The number of H-pyrrole nitrogens is 1. The molecule has 3 rings (SSSR count). The predicted molar refractivity (Wildman–Crippen MR) is 91.3 cm³/mol. The van der Waals surface area contributed by atoms with Crippen molar-refractivity contribution in [2.75, 3.05) is 20.6 Å². The van der Waals surface area contributed by atoms with E-state index in [0.717, 1.165) is 35.2 Å². The molecule has 0 saturated heterocycles. The smallest absolute Gasteiger partial charge is 0.129 e. The lowest BCUT2D eigenvalue weighted by Gasteiger charge is -2.11. The molecule has 0 atom stereocenters. The van der Waals surface area contributed by atoms with Crippen molar-refractivity contribution in [2.24, 2.45) is 0 Å². The number of nitrogens with zero attached hydrogens (tertiary/aromatic N) is 1. The van der Waals surface area contributed by atoms with Gasteiger partial charge in [-0.05, 0) is 55.9 Å². The quantitative estimate of drug-likeness (QED) is 0.745. The molecule has 120 valence electrons. The standard InChI is InChI=1S/C19H21FN2O/c1-22(2)11-10-15-12-21-17-4-3-5-18(19(15)17)23-13-14-6-8-16(20)9-7-14/h3-9,12,21H,10-11,13H2,1-2H3. The van der Waals surface area contributed by atoms with Gasteiger partial charge in [-0.15, -0.1) is 0 Å². The van der Waals surface area contributed by atoms with Crippen LogP contribution in [0.15, 0.2) is 48.7 Å². The largest absolute Gasteiger partial charge is 0.488 e. The first kappa shape index (κ1) is 15.6. The Morgan fingerprint density at radius 2 is 1.87 bits per heavy atom. The Labute approximate surface area is 135 Å². The summed E-state index contributed by atoms with van der Waals surface area (Å²) in [6, 6.07) is 12.4. The number of likely N-dealkylation sites (N-methyl/N-ethyl adjacent to an activating group) is 1. The van der Waals surface area contributed by atoms with Crippen molar-refractivity contribution < 1.29 is 9.13 Å². The minimum Gasteiger partial charge on any atom is -0.488 e. The van der Waals surface area contributed by atoms with Crippen molar-refractivity contribution in [3.05, 3.63) is 65.6 Å². The van der Waals surface area contributed by atoms with Crippen LogP contribution < -0.4 is 4.74 Å². The molecule has 0 spiro atoms. The molecule has 1 heterocycles. The van der Waals surface area contributed by atoms with Crippen LogP contribution in [0.1, 0.15) is 11.1 Å². The van der Waals surface area contributed by atoms with Crippen LogP contribution in [-0.4, -0.2) is 30.5 Å². The number of halogens is 1. The van der Waals surface area contributed by atoms with Gasteiger partial charge in [0.15, 0.2) is 0 Å². The molecule has 0 unspecified atom stereocenters. The number of rotatable bonds is 6. The topological polar surface area (TPSA) is 28.3 Å². The van der Waals surface area contributed by atoms with Gasteiger partial charge in [-0.25, -0.2) is 4.39 Å². The summed E-state index contributed by atoms with van der Waals surface area (Å²) < 4.78 is 19.0. The summed E-state index contributed by atoms with van der Waals surface area (Å²) in [7, 11) is 4.14. The highest BCUT2D eigenvalue weighted by molar-refractivity contribution is 5.89. The zero-order chi connectivity index (χ0) is 16.2. The van der Waals surface area contributed by atoms with Crippen molar-refractivity contribution in [3.8, 4) is 5.75 Å². The van der Waals surface area contributed by atoms with E-state index in [2.05, 4.69) is 36.2 Å². The van der Waals surface area contributed by atoms with E-state index >= 15 is 0 Å². The summed E-state index contributed by atoms with van der Waals surface area (Å²) in [5.41, 5.74) is 3.28. The summed E-state index contributed by atoms with van der Waals surface area (Å²) in [4.78, 5) is 5.48. The maximum absolute atomic E-state index is 13.0. The normalized spacial score (nSPS) is 11.3.